The third-order valence-electron chi connectivity index (χ3n) is 4.52. The van der Waals surface area contributed by atoms with E-state index in [-0.39, 0.29) is 78.5 Å². The van der Waals surface area contributed by atoms with Crippen molar-refractivity contribution in [1.29, 1.82) is 0 Å². The first-order valence-corrected chi connectivity index (χ1v) is 12.7. The topological polar surface area (TPSA) is 161 Å². The molecule has 0 unspecified atom stereocenters. The molecular weight excluding hydrogens is 512 g/mol. The smallest absolute Gasteiger partial charge is 0.306 e. The van der Waals surface area contributed by atoms with Crippen molar-refractivity contribution in [2.45, 2.75) is 25.7 Å². The Morgan fingerprint density at radius 2 is 0.421 bits per heavy atom. The third kappa shape index (κ3) is 22.8. The summed E-state index contributed by atoms with van der Waals surface area (Å²) in [4.78, 5) is 46.6. The van der Waals surface area contributed by atoms with E-state index in [1.54, 1.807) is 0 Å². The highest BCUT2D eigenvalue weighted by atomic mass is 16.6. The lowest BCUT2D eigenvalue weighted by molar-refractivity contribution is -0.152. The van der Waals surface area contributed by atoms with Gasteiger partial charge < -0.3 is 47.4 Å². The van der Waals surface area contributed by atoms with Crippen molar-refractivity contribution in [3.8, 4) is 0 Å². The van der Waals surface area contributed by atoms with Gasteiger partial charge in [-0.3, -0.25) is 19.2 Å². The van der Waals surface area contributed by atoms with Gasteiger partial charge in [0.25, 0.3) is 0 Å². The second-order valence-electron chi connectivity index (χ2n) is 7.56. The molecule has 0 saturated carbocycles. The van der Waals surface area contributed by atoms with E-state index >= 15 is 0 Å². The predicted molar refractivity (Wildman–Crippen MR) is 127 cm³/mol. The van der Waals surface area contributed by atoms with Gasteiger partial charge in [-0.2, -0.15) is 0 Å². The molecule has 38 heavy (non-hydrogen) atoms. The Morgan fingerprint density at radius 1 is 0.263 bits per heavy atom. The van der Waals surface area contributed by atoms with Gasteiger partial charge >= 0.3 is 23.9 Å². The first-order chi connectivity index (χ1) is 18.6. The first kappa shape index (κ1) is 33.7. The van der Waals surface area contributed by atoms with E-state index in [0.29, 0.717) is 52.9 Å². The Labute approximate surface area is 222 Å². The fraction of sp³-hybridized carbons (Fsp3) is 0.833. The second-order valence-corrected chi connectivity index (χ2v) is 7.56. The van der Waals surface area contributed by atoms with E-state index in [1.807, 2.05) is 0 Å². The Hall–Kier alpha value is -2.36. The molecule has 1 heterocycles. The van der Waals surface area contributed by atoms with Crippen LogP contribution in [0, 0.1) is 0 Å². The van der Waals surface area contributed by atoms with Crippen LogP contribution in [0.5, 0.6) is 0 Å². The normalized spacial score (nSPS) is 22.1. The van der Waals surface area contributed by atoms with Crippen LogP contribution in [0.25, 0.3) is 0 Å². The molecule has 14 heteroatoms. The van der Waals surface area contributed by atoms with Gasteiger partial charge in [0.1, 0.15) is 26.4 Å². The fourth-order valence-corrected chi connectivity index (χ4v) is 2.64. The summed E-state index contributed by atoms with van der Waals surface area (Å²) in [5.74, 6) is -2.05. The summed E-state index contributed by atoms with van der Waals surface area (Å²) in [5, 5.41) is 0. The number of cyclic esters (lactones) is 4. The summed E-state index contributed by atoms with van der Waals surface area (Å²) in [6.45, 7) is 3.64. The van der Waals surface area contributed by atoms with Gasteiger partial charge in [0.05, 0.1) is 105 Å². The molecule has 0 aromatic carbocycles. The van der Waals surface area contributed by atoms with Crippen LogP contribution in [0.3, 0.4) is 0 Å². The van der Waals surface area contributed by atoms with Gasteiger partial charge in [-0.25, -0.2) is 0 Å². The van der Waals surface area contributed by atoms with Crippen molar-refractivity contribution in [3.05, 3.63) is 0 Å². The first-order valence-electron chi connectivity index (χ1n) is 12.7. The van der Waals surface area contributed by atoms with Crippen LogP contribution >= 0.6 is 0 Å². The van der Waals surface area contributed by atoms with Crippen molar-refractivity contribution < 1.29 is 66.5 Å². The van der Waals surface area contributed by atoms with Gasteiger partial charge in [0.2, 0.25) is 0 Å². The minimum absolute atomic E-state index is 0.0684. The third-order valence-corrected chi connectivity index (χ3v) is 4.52. The molecule has 0 atom stereocenters. The molecule has 1 aliphatic rings. The van der Waals surface area contributed by atoms with Crippen LogP contribution in [0.2, 0.25) is 0 Å². The summed E-state index contributed by atoms with van der Waals surface area (Å²) >= 11 is 0. The summed E-state index contributed by atoms with van der Waals surface area (Å²) in [7, 11) is 0. The van der Waals surface area contributed by atoms with Crippen LogP contribution in [-0.4, -0.2) is 130 Å². The van der Waals surface area contributed by atoms with E-state index in [1.165, 1.54) is 0 Å². The highest BCUT2D eigenvalue weighted by molar-refractivity contribution is 5.78. The monoisotopic (exact) mass is 552 g/mol. The zero-order chi connectivity index (χ0) is 27.5. The van der Waals surface area contributed by atoms with Gasteiger partial charge in [-0.15, -0.1) is 0 Å². The number of carbonyl (C=O) groups is 4. The molecule has 0 aliphatic carbocycles. The number of hydrogen-bond donors (Lipinski definition) is 0. The number of ether oxygens (including phenoxy) is 10. The Morgan fingerprint density at radius 3 is 0.605 bits per heavy atom. The van der Waals surface area contributed by atoms with E-state index in [2.05, 4.69) is 0 Å². The van der Waals surface area contributed by atoms with Crippen LogP contribution in [0.1, 0.15) is 25.7 Å². The average molecular weight is 553 g/mol. The molecule has 0 amide bonds. The summed E-state index contributed by atoms with van der Waals surface area (Å²) < 4.78 is 51.8. The SMILES string of the molecule is O=C1CCC(=O)OCCOCCOCCOCCOC(=O)CCC(=O)OCCOCCOCCOCCO1. The zero-order valence-electron chi connectivity index (χ0n) is 21.9. The quantitative estimate of drug-likeness (QED) is 0.288. The summed E-state index contributed by atoms with van der Waals surface area (Å²) in [6.07, 6.45) is -0.332. The van der Waals surface area contributed by atoms with Crippen molar-refractivity contribution in [2.24, 2.45) is 0 Å². The molecule has 0 aromatic rings. The van der Waals surface area contributed by atoms with Crippen LogP contribution < -0.4 is 0 Å². The molecule has 0 aromatic heterocycles. The molecule has 1 fully saturated rings. The van der Waals surface area contributed by atoms with Crippen LogP contribution in [0.15, 0.2) is 0 Å². The minimum atomic E-state index is -0.514. The second kappa shape index (κ2) is 24.9. The van der Waals surface area contributed by atoms with Gasteiger partial charge in [0, 0.05) is 0 Å². The van der Waals surface area contributed by atoms with Crippen molar-refractivity contribution in [3.63, 3.8) is 0 Å². The molecule has 0 radical (unpaired) electrons. The highest BCUT2D eigenvalue weighted by Gasteiger charge is 2.10. The van der Waals surface area contributed by atoms with E-state index < -0.39 is 23.9 Å². The Bertz CT molecular complexity index is 536. The largest absolute Gasteiger partial charge is 0.463 e. The molecular formula is C24H40O14. The highest BCUT2D eigenvalue weighted by Crippen LogP contribution is 1.98. The maximum Gasteiger partial charge on any atom is 0.306 e. The number of carbonyl (C=O) groups excluding carboxylic acids is 4. The van der Waals surface area contributed by atoms with Crippen molar-refractivity contribution in [2.75, 3.05) is 106 Å². The van der Waals surface area contributed by atoms with E-state index in [9.17, 15) is 19.2 Å². The minimum Gasteiger partial charge on any atom is -0.463 e. The molecule has 0 bridgehead atoms. The van der Waals surface area contributed by atoms with Gasteiger partial charge in [0.15, 0.2) is 0 Å². The molecule has 0 N–H and O–H groups in total. The summed E-state index contributed by atoms with van der Waals surface area (Å²) in [6, 6.07) is 0. The molecule has 1 rings (SSSR count). The van der Waals surface area contributed by atoms with E-state index in [0.717, 1.165) is 0 Å². The standard InChI is InChI=1S/C24H40O14/c25-21-1-2-22(26)36-18-14-32-10-6-30-8-12-34-16-20-38-24(28)4-3-23(27)37-19-15-33-11-7-29-5-9-31-13-17-35-21/h1-20H2. The molecule has 1 aliphatic heterocycles. The summed E-state index contributed by atoms with van der Waals surface area (Å²) in [5.41, 5.74) is 0. The lowest BCUT2D eigenvalue weighted by Gasteiger charge is -2.09. The molecule has 14 nitrogen and oxygen atoms in total. The zero-order valence-corrected chi connectivity index (χ0v) is 21.9. The number of hydrogen-bond acceptors (Lipinski definition) is 14. The van der Waals surface area contributed by atoms with Gasteiger partial charge in [-0.05, 0) is 0 Å². The van der Waals surface area contributed by atoms with Crippen LogP contribution in [0.4, 0.5) is 0 Å². The lowest BCUT2D eigenvalue weighted by atomic mass is 10.3. The van der Waals surface area contributed by atoms with Gasteiger partial charge in [-0.1, -0.05) is 0 Å². The van der Waals surface area contributed by atoms with Crippen molar-refractivity contribution in [1.82, 2.24) is 0 Å². The Balaban J connectivity index is 2.22. The van der Waals surface area contributed by atoms with Crippen molar-refractivity contribution >= 4 is 23.9 Å². The predicted octanol–water partition coefficient (Wildman–Crippen LogP) is -0.167. The lowest BCUT2D eigenvalue weighted by Crippen LogP contribution is -2.17. The fourth-order valence-electron chi connectivity index (χ4n) is 2.64. The number of rotatable bonds is 0. The molecule has 220 valence electrons. The average Bonchev–Trinajstić information content (AvgIpc) is 2.91. The number of esters is 4. The van der Waals surface area contributed by atoms with E-state index in [4.69, 9.17) is 47.4 Å². The maximum absolute atomic E-state index is 11.7. The molecule has 0 spiro atoms. The molecule has 1 saturated heterocycles. The Kier molecular flexibility index (Phi) is 22.1. The maximum atomic E-state index is 11.7. The van der Waals surface area contributed by atoms with Crippen LogP contribution in [-0.2, 0) is 66.5 Å².